The quantitative estimate of drug-likeness (QED) is 0.573. The standard InChI is InChI=1S/C9H5N3O2/c10-5-7-9(13)12(14)8-4-2-1-3-6(8)11-7/h1-4,12H. The van der Waals surface area contributed by atoms with Crippen LogP contribution in [-0.4, -0.2) is 11.6 Å². The SMILES string of the molecule is N#CC1=Nc2ccccc2[NH+]([O-])C1=O. The Morgan fingerprint density at radius 3 is 2.86 bits per heavy atom. The van der Waals surface area contributed by atoms with Crippen molar-refractivity contribution in [2.75, 3.05) is 0 Å². The number of nitrogens with zero attached hydrogens (tertiary/aromatic N) is 2. The first-order valence-electron chi connectivity index (χ1n) is 3.91. The summed E-state index contributed by atoms with van der Waals surface area (Å²) in [6.07, 6.45) is 0. The number of carbonyl (C=O) groups is 1. The molecule has 0 bridgehead atoms. The van der Waals surface area contributed by atoms with Crippen LogP contribution in [0.15, 0.2) is 29.3 Å². The van der Waals surface area contributed by atoms with E-state index >= 15 is 0 Å². The Hall–Kier alpha value is -2.03. The van der Waals surface area contributed by atoms with E-state index in [1.54, 1.807) is 24.3 Å². The molecule has 1 amide bonds. The fourth-order valence-corrected chi connectivity index (χ4v) is 1.24. The lowest BCUT2D eigenvalue weighted by atomic mass is 10.2. The minimum atomic E-state index is -0.828. The van der Waals surface area contributed by atoms with Gasteiger partial charge < -0.3 is 5.21 Å². The van der Waals surface area contributed by atoms with Crippen molar-refractivity contribution in [1.29, 1.82) is 5.26 Å². The number of rotatable bonds is 0. The molecule has 1 aromatic rings. The van der Waals surface area contributed by atoms with Gasteiger partial charge in [0.15, 0.2) is 5.69 Å². The third kappa shape index (κ3) is 1.10. The molecular weight excluding hydrogens is 182 g/mol. The van der Waals surface area contributed by atoms with Crippen LogP contribution in [-0.2, 0) is 4.79 Å². The molecule has 0 aliphatic carbocycles. The van der Waals surface area contributed by atoms with Gasteiger partial charge in [-0.25, -0.2) is 9.79 Å². The zero-order valence-electron chi connectivity index (χ0n) is 7.02. The molecule has 68 valence electrons. The number of aliphatic imine (C=N–C) groups is 1. The topological polar surface area (TPSA) is 80.7 Å². The van der Waals surface area contributed by atoms with Crippen molar-refractivity contribution in [3.63, 3.8) is 0 Å². The van der Waals surface area contributed by atoms with Crippen molar-refractivity contribution in [2.24, 2.45) is 4.99 Å². The normalized spacial score (nSPS) is 19.6. The zero-order chi connectivity index (χ0) is 10.1. The number of hydrogen-bond acceptors (Lipinski definition) is 4. The number of amides is 1. The number of nitrogens with one attached hydrogen (secondary N) is 1. The highest BCUT2D eigenvalue weighted by atomic mass is 16.5. The van der Waals surface area contributed by atoms with Gasteiger partial charge in [0.05, 0.1) is 0 Å². The van der Waals surface area contributed by atoms with Crippen LogP contribution in [0.4, 0.5) is 11.4 Å². The molecule has 1 aliphatic heterocycles. The molecule has 1 aliphatic rings. The first-order chi connectivity index (χ1) is 6.74. The van der Waals surface area contributed by atoms with Gasteiger partial charge in [0.2, 0.25) is 5.71 Å². The van der Waals surface area contributed by atoms with E-state index in [0.717, 1.165) is 0 Å². The summed E-state index contributed by atoms with van der Waals surface area (Å²) in [7, 11) is 0. The molecule has 5 heteroatoms. The summed E-state index contributed by atoms with van der Waals surface area (Å²) in [4.78, 5) is 15.0. The summed E-state index contributed by atoms with van der Waals surface area (Å²) >= 11 is 0. The molecule has 1 heterocycles. The van der Waals surface area contributed by atoms with E-state index in [-0.39, 0.29) is 11.4 Å². The number of carbonyl (C=O) groups excluding carboxylic acids is 1. The van der Waals surface area contributed by atoms with Crippen LogP contribution in [0.5, 0.6) is 0 Å². The maximum atomic E-state index is 11.4. The first-order valence-corrected chi connectivity index (χ1v) is 3.91. The third-order valence-corrected chi connectivity index (χ3v) is 1.91. The van der Waals surface area contributed by atoms with Crippen molar-refractivity contribution in [2.45, 2.75) is 0 Å². The van der Waals surface area contributed by atoms with E-state index in [9.17, 15) is 10.0 Å². The summed E-state index contributed by atoms with van der Waals surface area (Å²) in [5, 5.41) is 19.3. The fraction of sp³-hybridized carbons (Fsp3) is 0. The number of hydroxylamine groups is 1. The van der Waals surface area contributed by atoms with E-state index in [1.165, 1.54) is 6.07 Å². The number of quaternary nitrogens is 1. The molecule has 0 radical (unpaired) electrons. The number of nitriles is 1. The Morgan fingerprint density at radius 1 is 1.43 bits per heavy atom. The highest BCUT2D eigenvalue weighted by molar-refractivity contribution is 6.43. The lowest BCUT2D eigenvalue weighted by Crippen LogP contribution is -3.06. The summed E-state index contributed by atoms with van der Waals surface area (Å²) in [6, 6.07) is 8.06. The molecule has 5 nitrogen and oxygen atoms in total. The van der Waals surface area contributed by atoms with Crippen molar-refractivity contribution >= 4 is 23.0 Å². The third-order valence-electron chi connectivity index (χ3n) is 1.91. The van der Waals surface area contributed by atoms with Gasteiger partial charge in [0.25, 0.3) is 0 Å². The Kier molecular flexibility index (Phi) is 1.85. The molecule has 1 N–H and O–H groups in total. The summed E-state index contributed by atoms with van der Waals surface area (Å²) in [5.41, 5.74) is 0.304. The van der Waals surface area contributed by atoms with Gasteiger partial charge in [0, 0.05) is 6.07 Å². The van der Waals surface area contributed by atoms with Gasteiger partial charge in [-0.05, 0) is 6.07 Å². The van der Waals surface area contributed by atoms with Crippen LogP contribution >= 0.6 is 0 Å². The molecule has 0 saturated carbocycles. The smallest absolute Gasteiger partial charge is 0.378 e. The van der Waals surface area contributed by atoms with E-state index in [1.807, 2.05) is 0 Å². The highest BCUT2D eigenvalue weighted by Gasteiger charge is 2.28. The molecule has 2 rings (SSSR count). The van der Waals surface area contributed by atoms with Crippen LogP contribution in [0.3, 0.4) is 0 Å². The fourth-order valence-electron chi connectivity index (χ4n) is 1.24. The van der Waals surface area contributed by atoms with Crippen molar-refractivity contribution in [3.8, 4) is 6.07 Å². The maximum Gasteiger partial charge on any atom is 0.378 e. The highest BCUT2D eigenvalue weighted by Crippen LogP contribution is 2.22. The van der Waals surface area contributed by atoms with Gasteiger partial charge in [-0.15, -0.1) is 0 Å². The molecule has 1 atom stereocenters. The van der Waals surface area contributed by atoms with Crippen molar-refractivity contribution < 1.29 is 9.86 Å². The summed E-state index contributed by atoms with van der Waals surface area (Å²) < 4.78 is 0. The number of hydrogen-bond donors (Lipinski definition) is 1. The first kappa shape index (κ1) is 8.56. The Labute approximate surface area is 79.5 Å². The molecule has 0 saturated heterocycles. The Morgan fingerprint density at radius 2 is 2.14 bits per heavy atom. The van der Waals surface area contributed by atoms with Gasteiger partial charge in [0.1, 0.15) is 11.8 Å². The average molecular weight is 187 g/mol. The second kappa shape index (κ2) is 3.03. The summed E-state index contributed by atoms with van der Waals surface area (Å²) in [6.45, 7) is 0. The van der Waals surface area contributed by atoms with Crippen molar-refractivity contribution in [3.05, 3.63) is 29.5 Å². The van der Waals surface area contributed by atoms with Crippen LogP contribution < -0.4 is 5.06 Å². The van der Waals surface area contributed by atoms with E-state index in [2.05, 4.69) is 4.99 Å². The van der Waals surface area contributed by atoms with Crippen LogP contribution in [0.25, 0.3) is 0 Å². The summed E-state index contributed by atoms with van der Waals surface area (Å²) in [5.74, 6) is -0.828. The minimum Gasteiger partial charge on any atom is -0.621 e. The van der Waals surface area contributed by atoms with E-state index in [0.29, 0.717) is 5.69 Å². The second-order valence-corrected chi connectivity index (χ2v) is 2.75. The minimum absolute atomic E-state index is 0.261. The number of para-hydroxylation sites is 2. The second-order valence-electron chi connectivity index (χ2n) is 2.75. The van der Waals surface area contributed by atoms with Crippen LogP contribution in [0, 0.1) is 16.5 Å². The van der Waals surface area contributed by atoms with Gasteiger partial charge in [-0.3, -0.25) is 5.06 Å². The molecule has 1 aromatic carbocycles. The van der Waals surface area contributed by atoms with Crippen LogP contribution in [0.2, 0.25) is 0 Å². The monoisotopic (exact) mass is 187 g/mol. The lowest BCUT2D eigenvalue weighted by molar-refractivity contribution is -0.683. The molecular formula is C9H5N3O2. The van der Waals surface area contributed by atoms with Gasteiger partial charge in [-0.2, -0.15) is 5.26 Å². The predicted molar refractivity (Wildman–Crippen MR) is 48.1 cm³/mol. The average Bonchev–Trinajstić information content (AvgIpc) is 2.23. The van der Waals surface area contributed by atoms with E-state index < -0.39 is 11.0 Å². The number of fused-ring (bicyclic) bond motifs is 1. The van der Waals surface area contributed by atoms with E-state index in [4.69, 9.17) is 5.26 Å². The molecule has 14 heavy (non-hydrogen) atoms. The van der Waals surface area contributed by atoms with Crippen molar-refractivity contribution in [1.82, 2.24) is 0 Å². The molecule has 0 fully saturated rings. The molecule has 0 aromatic heterocycles. The predicted octanol–water partition coefficient (Wildman–Crippen LogP) is -0.163. The Balaban J connectivity index is 2.64. The Bertz CT molecular complexity index is 473. The van der Waals surface area contributed by atoms with Gasteiger partial charge in [-0.1, -0.05) is 12.1 Å². The molecule has 0 spiro atoms. The largest absolute Gasteiger partial charge is 0.621 e. The maximum absolute atomic E-state index is 11.4. The van der Waals surface area contributed by atoms with Crippen LogP contribution in [0.1, 0.15) is 0 Å². The number of benzene rings is 1. The lowest BCUT2D eigenvalue weighted by Gasteiger charge is -2.22. The van der Waals surface area contributed by atoms with Gasteiger partial charge >= 0.3 is 5.91 Å². The molecule has 1 unspecified atom stereocenters. The zero-order valence-corrected chi connectivity index (χ0v) is 7.02.